The molecule has 1 aromatic heterocycles. The molecular weight excluding hydrogens is 302 g/mol. The number of rotatable bonds is 6. The van der Waals surface area contributed by atoms with Crippen molar-refractivity contribution >= 4 is 0 Å². The standard InChI is InChI=1S/C19H27N3O2/c1-14-6-7-15(2)19(9-14)24-13-17(23)12-22-8-4-5-18(22)16-10-20-21(3)11-16/h6-7,9-11,17-18,23H,4-5,8,12-13H2,1-3H3/t17-,18-/m1/s1. The molecule has 0 bridgehead atoms. The Hall–Kier alpha value is -1.85. The average molecular weight is 329 g/mol. The van der Waals surface area contributed by atoms with Crippen molar-refractivity contribution in [3.8, 4) is 5.75 Å². The van der Waals surface area contributed by atoms with Gasteiger partial charge in [-0.3, -0.25) is 9.58 Å². The van der Waals surface area contributed by atoms with Crippen molar-refractivity contribution < 1.29 is 9.84 Å². The quantitative estimate of drug-likeness (QED) is 0.885. The number of hydrogen-bond acceptors (Lipinski definition) is 4. The van der Waals surface area contributed by atoms with Gasteiger partial charge < -0.3 is 9.84 Å². The van der Waals surface area contributed by atoms with Crippen LogP contribution in [0.15, 0.2) is 30.6 Å². The molecule has 5 nitrogen and oxygen atoms in total. The van der Waals surface area contributed by atoms with E-state index >= 15 is 0 Å². The lowest BCUT2D eigenvalue weighted by Crippen LogP contribution is -2.35. The zero-order chi connectivity index (χ0) is 17.1. The first-order valence-electron chi connectivity index (χ1n) is 8.63. The zero-order valence-corrected chi connectivity index (χ0v) is 14.8. The third kappa shape index (κ3) is 3.97. The maximum atomic E-state index is 10.4. The van der Waals surface area contributed by atoms with Crippen molar-refractivity contribution in [3.05, 3.63) is 47.3 Å². The van der Waals surface area contributed by atoms with E-state index in [2.05, 4.69) is 28.3 Å². The predicted octanol–water partition coefficient (Wildman–Crippen LogP) is 2.61. The third-order valence-electron chi connectivity index (χ3n) is 4.69. The van der Waals surface area contributed by atoms with Gasteiger partial charge in [0.1, 0.15) is 18.5 Å². The first-order valence-corrected chi connectivity index (χ1v) is 8.63. The second-order valence-corrected chi connectivity index (χ2v) is 6.83. The summed E-state index contributed by atoms with van der Waals surface area (Å²) in [5, 5.41) is 14.7. The summed E-state index contributed by atoms with van der Waals surface area (Å²) in [4.78, 5) is 2.34. The fraction of sp³-hybridized carbons (Fsp3) is 0.526. The number of aliphatic hydroxyl groups is 1. The van der Waals surface area contributed by atoms with Gasteiger partial charge in [0.15, 0.2) is 0 Å². The van der Waals surface area contributed by atoms with E-state index < -0.39 is 6.10 Å². The summed E-state index contributed by atoms with van der Waals surface area (Å²) < 4.78 is 7.68. The summed E-state index contributed by atoms with van der Waals surface area (Å²) >= 11 is 0. The smallest absolute Gasteiger partial charge is 0.122 e. The molecule has 0 saturated carbocycles. The van der Waals surface area contributed by atoms with E-state index in [1.165, 1.54) is 11.1 Å². The number of β-amino-alcohol motifs (C(OH)–C–C–N with tert-alkyl or cyclic N) is 1. The first-order chi connectivity index (χ1) is 11.5. The number of aromatic nitrogens is 2. The van der Waals surface area contributed by atoms with Gasteiger partial charge in [0.05, 0.1) is 6.20 Å². The van der Waals surface area contributed by atoms with Gasteiger partial charge in [0, 0.05) is 31.4 Å². The van der Waals surface area contributed by atoms with Crippen LogP contribution in [0.1, 0.15) is 35.6 Å². The first kappa shape index (κ1) is 17.0. The molecule has 0 amide bonds. The van der Waals surface area contributed by atoms with Crippen LogP contribution in [0.3, 0.4) is 0 Å². The van der Waals surface area contributed by atoms with Crippen LogP contribution in [0.5, 0.6) is 5.75 Å². The molecule has 0 aliphatic carbocycles. The minimum atomic E-state index is -0.498. The summed E-state index contributed by atoms with van der Waals surface area (Å²) in [6.07, 6.45) is 5.78. The van der Waals surface area contributed by atoms with Crippen LogP contribution in [0, 0.1) is 13.8 Å². The summed E-state index contributed by atoms with van der Waals surface area (Å²) in [5.41, 5.74) is 3.50. The van der Waals surface area contributed by atoms with Crippen LogP contribution in [0.4, 0.5) is 0 Å². The molecule has 1 saturated heterocycles. The van der Waals surface area contributed by atoms with Gasteiger partial charge in [-0.1, -0.05) is 12.1 Å². The van der Waals surface area contributed by atoms with E-state index in [0.29, 0.717) is 19.2 Å². The lowest BCUT2D eigenvalue weighted by Gasteiger charge is -2.26. The molecular formula is C19H27N3O2. The van der Waals surface area contributed by atoms with Gasteiger partial charge in [-0.05, 0) is 50.4 Å². The highest BCUT2D eigenvalue weighted by Gasteiger charge is 2.28. The maximum Gasteiger partial charge on any atom is 0.122 e. The number of ether oxygens (including phenoxy) is 1. The van der Waals surface area contributed by atoms with Crippen molar-refractivity contribution in [2.75, 3.05) is 19.7 Å². The van der Waals surface area contributed by atoms with Crippen molar-refractivity contribution in [3.63, 3.8) is 0 Å². The van der Waals surface area contributed by atoms with Gasteiger partial charge in [-0.25, -0.2) is 0 Å². The second-order valence-electron chi connectivity index (χ2n) is 6.83. The number of benzene rings is 1. The molecule has 24 heavy (non-hydrogen) atoms. The molecule has 0 radical (unpaired) electrons. The fourth-order valence-corrected chi connectivity index (χ4v) is 3.41. The Morgan fingerprint density at radius 3 is 2.96 bits per heavy atom. The summed E-state index contributed by atoms with van der Waals surface area (Å²) in [5.74, 6) is 0.860. The zero-order valence-electron chi connectivity index (χ0n) is 14.8. The van der Waals surface area contributed by atoms with Crippen molar-refractivity contribution in [2.24, 2.45) is 7.05 Å². The van der Waals surface area contributed by atoms with Crippen LogP contribution < -0.4 is 4.74 Å². The number of hydrogen-bond donors (Lipinski definition) is 1. The monoisotopic (exact) mass is 329 g/mol. The Morgan fingerprint density at radius 2 is 2.21 bits per heavy atom. The van der Waals surface area contributed by atoms with Crippen molar-refractivity contribution in [2.45, 2.75) is 38.8 Å². The number of likely N-dealkylation sites (tertiary alicyclic amines) is 1. The molecule has 2 atom stereocenters. The highest BCUT2D eigenvalue weighted by Crippen LogP contribution is 2.31. The van der Waals surface area contributed by atoms with Crippen LogP contribution >= 0.6 is 0 Å². The number of nitrogens with zero attached hydrogens (tertiary/aromatic N) is 3. The van der Waals surface area contributed by atoms with Gasteiger partial charge in [-0.2, -0.15) is 5.10 Å². The lowest BCUT2D eigenvalue weighted by atomic mass is 10.1. The topological polar surface area (TPSA) is 50.5 Å². The molecule has 1 aromatic carbocycles. The largest absolute Gasteiger partial charge is 0.491 e. The Balaban J connectivity index is 1.56. The SMILES string of the molecule is Cc1ccc(C)c(OC[C@H](O)CN2CCC[C@@H]2c2cnn(C)c2)c1. The summed E-state index contributed by atoms with van der Waals surface area (Å²) in [7, 11) is 1.94. The molecule has 130 valence electrons. The summed E-state index contributed by atoms with van der Waals surface area (Å²) in [6.45, 7) is 6.04. The molecule has 3 rings (SSSR count). The van der Waals surface area contributed by atoms with Gasteiger partial charge in [0.2, 0.25) is 0 Å². The van der Waals surface area contributed by atoms with Gasteiger partial charge in [-0.15, -0.1) is 0 Å². The molecule has 0 spiro atoms. The van der Waals surface area contributed by atoms with E-state index in [4.69, 9.17) is 4.74 Å². The molecule has 1 aliphatic heterocycles. The van der Waals surface area contributed by atoms with E-state index in [1.807, 2.05) is 37.8 Å². The van der Waals surface area contributed by atoms with E-state index in [0.717, 1.165) is 30.7 Å². The van der Waals surface area contributed by atoms with Crippen LogP contribution in [-0.2, 0) is 7.05 Å². The van der Waals surface area contributed by atoms with Crippen LogP contribution in [-0.4, -0.2) is 45.6 Å². The van der Waals surface area contributed by atoms with E-state index in [1.54, 1.807) is 0 Å². The Labute approximate surface area is 143 Å². The lowest BCUT2D eigenvalue weighted by molar-refractivity contribution is 0.0636. The predicted molar refractivity (Wildman–Crippen MR) is 94.2 cm³/mol. The Kier molecular flexibility index (Phi) is 5.21. The molecule has 1 N–H and O–H groups in total. The molecule has 2 aromatic rings. The highest BCUT2D eigenvalue weighted by atomic mass is 16.5. The Morgan fingerprint density at radius 1 is 1.38 bits per heavy atom. The highest BCUT2D eigenvalue weighted by molar-refractivity contribution is 5.35. The second kappa shape index (κ2) is 7.36. The van der Waals surface area contributed by atoms with Crippen molar-refractivity contribution in [1.82, 2.24) is 14.7 Å². The minimum absolute atomic E-state index is 0.320. The van der Waals surface area contributed by atoms with Crippen molar-refractivity contribution in [1.29, 1.82) is 0 Å². The number of aliphatic hydroxyl groups excluding tert-OH is 1. The third-order valence-corrected chi connectivity index (χ3v) is 4.69. The van der Waals surface area contributed by atoms with Gasteiger partial charge in [0.25, 0.3) is 0 Å². The summed E-state index contributed by atoms with van der Waals surface area (Å²) in [6, 6.07) is 6.50. The van der Waals surface area contributed by atoms with E-state index in [9.17, 15) is 5.11 Å². The van der Waals surface area contributed by atoms with Crippen LogP contribution in [0.2, 0.25) is 0 Å². The molecule has 5 heteroatoms. The van der Waals surface area contributed by atoms with E-state index in [-0.39, 0.29) is 0 Å². The number of aryl methyl sites for hydroxylation is 3. The van der Waals surface area contributed by atoms with Gasteiger partial charge >= 0.3 is 0 Å². The van der Waals surface area contributed by atoms with Crippen LogP contribution in [0.25, 0.3) is 0 Å². The average Bonchev–Trinajstić information content (AvgIpc) is 3.17. The molecule has 1 aliphatic rings. The Bertz CT molecular complexity index is 683. The maximum absolute atomic E-state index is 10.4. The molecule has 1 fully saturated rings. The normalized spacial score (nSPS) is 19.6. The molecule has 0 unspecified atom stereocenters. The minimum Gasteiger partial charge on any atom is -0.491 e. The fourth-order valence-electron chi connectivity index (χ4n) is 3.41. The molecule has 2 heterocycles.